The predicted molar refractivity (Wildman–Crippen MR) is 131 cm³/mol. The van der Waals surface area contributed by atoms with Crippen molar-refractivity contribution < 1.29 is 18.3 Å². The number of methoxy groups -OCH3 is 1. The summed E-state index contributed by atoms with van der Waals surface area (Å²) >= 11 is 0. The highest BCUT2D eigenvalue weighted by Crippen LogP contribution is 2.34. The summed E-state index contributed by atoms with van der Waals surface area (Å²) in [4.78, 5) is 13.7. The third-order valence-corrected chi connectivity index (χ3v) is 6.75. The van der Waals surface area contributed by atoms with Crippen LogP contribution in [0.2, 0.25) is 0 Å². The van der Waals surface area contributed by atoms with Crippen LogP contribution in [0.5, 0.6) is 0 Å². The maximum atomic E-state index is 15.0. The molecule has 5 rings (SSSR count). The number of furan rings is 1. The maximum Gasteiger partial charge on any atom is 0.311 e. The first-order valence-corrected chi connectivity index (χ1v) is 11.7. The molecule has 0 radical (unpaired) electrons. The summed E-state index contributed by atoms with van der Waals surface area (Å²) in [6, 6.07) is 23.9. The summed E-state index contributed by atoms with van der Waals surface area (Å²) in [5.74, 6) is 0.264. The molecule has 1 fully saturated rings. The predicted octanol–water partition coefficient (Wildman–Crippen LogP) is 6.39. The van der Waals surface area contributed by atoms with Gasteiger partial charge in [0.05, 0.1) is 18.6 Å². The molecule has 0 aliphatic carbocycles. The quantitative estimate of drug-likeness (QED) is 0.302. The molecule has 174 valence electrons. The molecule has 34 heavy (non-hydrogen) atoms. The Kier molecular flexibility index (Phi) is 6.20. The van der Waals surface area contributed by atoms with Crippen LogP contribution in [0.25, 0.3) is 22.3 Å². The van der Waals surface area contributed by atoms with Gasteiger partial charge in [-0.3, -0.25) is 9.69 Å². The van der Waals surface area contributed by atoms with E-state index in [1.807, 2.05) is 24.3 Å². The van der Waals surface area contributed by atoms with Gasteiger partial charge in [-0.2, -0.15) is 0 Å². The van der Waals surface area contributed by atoms with Crippen LogP contribution >= 0.6 is 0 Å². The Morgan fingerprint density at radius 2 is 1.85 bits per heavy atom. The molecule has 1 aliphatic heterocycles. The van der Waals surface area contributed by atoms with Crippen LogP contribution < -0.4 is 0 Å². The van der Waals surface area contributed by atoms with Crippen LogP contribution in [0.3, 0.4) is 0 Å². The van der Waals surface area contributed by atoms with Crippen molar-refractivity contribution in [1.29, 1.82) is 0 Å². The van der Waals surface area contributed by atoms with Crippen molar-refractivity contribution >= 4 is 16.9 Å². The van der Waals surface area contributed by atoms with Gasteiger partial charge < -0.3 is 9.15 Å². The first-order chi connectivity index (χ1) is 16.6. The van der Waals surface area contributed by atoms with Crippen LogP contribution in [-0.2, 0) is 16.1 Å². The molecule has 0 bridgehead atoms. The van der Waals surface area contributed by atoms with E-state index in [0.717, 1.165) is 23.0 Å². The van der Waals surface area contributed by atoms with Gasteiger partial charge in [0.2, 0.25) is 0 Å². The number of fused-ring (bicyclic) bond motifs is 1. The molecular weight excluding hydrogens is 429 g/mol. The molecule has 2 heterocycles. The van der Waals surface area contributed by atoms with Crippen molar-refractivity contribution in [2.45, 2.75) is 25.8 Å². The van der Waals surface area contributed by atoms with Crippen LogP contribution in [0.1, 0.15) is 36.0 Å². The first kappa shape index (κ1) is 22.4. The molecule has 1 aliphatic rings. The van der Waals surface area contributed by atoms with E-state index in [9.17, 15) is 4.79 Å². The number of carbonyl (C=O) groups is 1. The van der Waals surface area contributed by atoms with Crippen LogP contribution in [0, 0.1) is 11.7 Å². The Hall–Kier alpha value is -3.44. The number of ether oxygens (including phenoxy) is 1. The van der Waals surface area contributed by atoms with Crippen molar-refractivity contribution in [3.05, 3.63) is 95.3 Å². The fourth-order valence-electron chi connectivity index (χ4n) is 4.89. The zero-order valence-electron chi connectivity index (χ0n) is 19.5. The minimum Gasteiger partial charge on any atom is -0.469 e. The van der Waals surface area contributed by atoms with Gasteiger partial charge in [0.1, 0.15) is 17.2 Å². The molecule has 1 unspecified atom stereocenters. The third-order valence-electron chi connectivity index (χ3n) is 6.75. The number of esters is 1. The van der Waals surface area contributed by atoms with Gasteiger partial charge >= 0.3 is 5.97 Å². The molecule has 1 atom stereocenters. The Balaban J connectivity index is 1.34. The average molecular weight is 458 g/mol. The first-order valence-electron chi connectivity index (χ1n) is 11.7. The van der Waals surface area contributed by atoms with Crippen LogP contribution in [0.4, 0.5) is 4.39 Å². The Labute approximate surface area is 199 Å². The number of halogens is 1. The average Bonchev–Trinajstić information content (AvgIpc) is 3.25. The van der Waals surface area contributed by atoms with Gasteiger partial charge in [-0.25, -0.2) is 4.39 Å². The van der Waals surface area contributed by atoms with Crippen molar-refractivity contribution in [2.24, 2.45) is 5.92 Å². The molecule has 4 aromatic rings. The summed E-state index contributed by atoms with van der Waals surface area (Å²) in [5, 5.41) is 0.972. The van der Waals surface area contributed by atoms with Crippen molar-refractivity contribution in [2.75, 3.05) is 20.2 Å². The number of likely N-dealkylation sites (tertiary alicyclic amines) is 1. The van der Waals surface area contributed by atoms with Crippen molar-refractivity contribution in [1.82, 2.24) is 4.90 Å². The highest BCUT2D eigenvalue weighted by Gasteiger charge is 2.33. The second kappa shape index (κ2) is 9.43. The van der Waals surface area contributed by atoms with E-state index >= 15 is 4.39 Å². The third kappa shape index (κ3) is 4.36. The fraction of sp³-hybridized carbons (Fsp3) is 0.276. The lowest BCUT2D eigenvalue weighted by Crippen LogP contribution is -2.49. The molecule has 5 heteroatoms. The van der Waals surface area contributed by atoms with E-state index in [2.05, 4.69) is 48.2 Å². The molecule has 0 N–H and O–H groups in total. The van der Waals surface area contributed by atoms with E-state index in [-0.39, 0.29) is 17.7 Å². The Morgan fingerprint density at radius 3 is 2.56 bits per heavy atom. The zero-order chi connectivity index (χ0) is 23.7. The number of benzene rings is 3. The van der Waals surface area contributed by atoms with Crippen LogP contribution in [-0.4, -0.2) is 31.1 Å². The van der Waals surface area contributed by atoms with Gasteiger partial charge in [0, 0.05) is 30.9 Å². The molecule has 0 spiro atoms. The van der Waals surface area contributed by atoms with E-state index in [0.29, 0.717) is 36.9 Å². The lowest BCUT2D eigenvalue weighted by Gasteiger charge is -2.37. The van der Waals surface area contributed by atoms with E-state index < -0.39 is 0 Å². The number of hydrogen-bond donors (Lipinski definition) is 0. The van der Waals surface area contributed by atoms with Gasteiger partial charge in [-0.15, -0.1) is 0 Å². The molecule has 1 saturated heterocycles. The fourth-order valence-corrected chi connectivity index (χ4v) is 4.89. The van der Waals surface area contributed by atoms with Gasteiger partial charge in [0.15, 0.2) is 0 Å². The highest BCUT2D eigenvalue weighted by molar-refractivity contribution is 5.84. The van der Waals surface area contributed by atoms with Gasteiger partial charge in [-0.1, -0.05) is 49.4 Å². The number of carbonyl (C=O) groups excluding carboxylic acids is 1. The van der Waals surface area contributed by atoms with Crippen molar-refractivity contribution in [3.63, 3.8) is 0 Å². The molecule has 0 amide bonds. The van der Waals surface area contributed by atoms with Gasteiger partial charge in [0.25, 0.3) is 0 Å². The summed E-state index contributed by atoms with van der Waals surface area (Å²) < 4.78 is 25.8. The molecular formula is C29H28FNO3. The summed E-state index contributed by atoms with van der Waals surface area (Å²) in [7, 11) is 1.41. The molecule has 0 saturated carbocycles. The second-order valence-electron chi connectivity index (χ2n) is 9.01. The number of hydrogen-bond acceptors (Lipinski definition) is 4. The Bertz CT molecular complexity index is 1310. The lowest BCUT2D eigenvalue weighted by molar-refractivity contribution is -0.151. The lowest BCUT2D eigenvalue weighted by atomic mass is 9.89. The normalized spacial score (nSPS) is 15.3. The minimum absolute atomic E-state index is 0.0799. The van der Waals surface area contributed by atoms with Crippen molar-refractivity contribution in [3.8, 4) is 11.3 Å². The van der Waals surface area contributed by atoms with E-state index in [1.165, 1.54) is 18.2 Å². The van der Waals surface area contributed by atoms with E-state index in [4.69, 9.17) is 9.15 Å². The zero-order valence-corrected chi connectivity index (χ0v) is 19.5. The Morgan fingerprint density at radius 1 is 1.06 bits per heavy atom. The van der Waals surface area contributed by atoms with Gasteiger partial charge in [-0.05, 0) is 53.4 Å². The largest absolute Gasteiger partial charge is 0.469 e. The smallest absolute Gasteiger partial charge is 0.311 e. The highest BCUT2D eigenvalue weighted by atomic mass is 19.1. The summed E-state index contributed by atoms with van der Waals surface area (Å²) in [6.07, 6.45) is 0.994. The number of nitrogens with zero attached hydrogens (tertiary/aromatic N) is 1. The second-order valence-corrected chi connectivity index (χ2v) is 9.01. The molecule has 4 nitrogen and oxygen atoms in total. The summed E-state index contributed by atoms with van der Waals surface area (Å²) in [6.45, 7) is 4.08. The van der Waals surface area contributed by atoms with Crippen LogP contribution in [0.15, 0.2) is 77.2 Å². The SMILES string of the molecule is CCC(c1ccccc1)c1ccc2oc(-c3ccc(CN4CC(C(=O)OC)C4)cc3F)cc2c1. The topological polar surface area (TPSA) is 42.7 Å². The number of rotatable bonds is 7. The standard InChI is InChI=1S/C29H28FNO3/c1-3-24(20-7-5-4-6-8-20)21-10-12-27-22(14-21)15-28(34-27)25-11-9-19(13-26(25)30)16-31-17-23(18-31)29(32)33-2/h4-15,23-24H,3,16-18H2,1-2H3. The molecule has 3 aromatic carbocycles. The summed E-state index contributed by atoms with van der Waals surface area (Å²) in [5.41, 5.74) is 4.59. The molecule has 1 aromatic heterocycles. The monoisotopic (exact) mass is 457 g/mol. The maximum absolute atomic E-state index is 15.0. The minimum atomic E-state index is -0.308. The van der Waals surface area contributed by atoms with E-state index in [1.54, 1.807) is 12.1 Å².